The molecule has 0 aliphatic heterocycles. The van der Waals surface area contributed by atoms with E-state index in [1.165, 1.54) is 12.1 Å². The van der Waals surface area contributed by atoms with Crippen molar-refractivity contribution in [3.63, 3.8) is 0 Å². The quantitative estimate of drug-likeness (QED) is 0.618. The zero-order valence-corrected chi connectivity index (χ0v) is 18.3. The molecule has 31 heavy (non-hydrogen) atoms. The number of hydrogen-bond donors (Lipinski definition) is 2. The molecule has 0 aromatic heterocycles. The molecule has 5 rings (SSSR count). The van der Waals surface area contributed by atoms with Gasteiger partial charge in [-0.2, -0.15) is 0 Å². The van der Waals surface area contributed by atoms with Gasteiger partial charge in [0.25, 0.3) is 5.91 Å². The molecule has 164 valence electrons. The van der Waals surface area contributed by atoms with E-state index < -0.39 is 11.2 Å². The van der Waals surface area contributed by atoms with E-state index in [0.29, 0.717) is 36.6 Å². The molecule has 0 atom stereocenters. The molecule has 3 saturated carbocycles. The molecule has 3 aliphatic rings. The zero-order valence-electron chi connectivity index (χ0n) is 16.8. The van der Waals surface area contributed by atoms with Crippen molar-refractivity contribution in [2.45, 2.75) is 31.3 Å². The molecule has 0 unspecified atom stereocenters. The summed E-state index contributed by atoms with van der Waals surface area (Å²) in [5.74, 6) is -0.132. The van der Waals surface area contributed by atoms with E-state index in [-0.39, 0.29) is 34.7 Å². The number of rotatable bonds is 8. The maximum Gasteiger partial charge on any atom is 0.258 e. The first-order valence-corrected chi connectivity index (χ1v) is 10.5. The average molecular weight is 467 g/mol. The van der Waals surface area contributed by atoms with Gasteiger partial charge in [0.15, 0.2) is 6.61 Å². The van der Waals surface area contributed by atoms with Gasteiger partial charge in [0, 0.05) is 18.2 Å². The lowest BCUT2D eigenvalue weighted by molar-refractivity contribution is -0.184. The summed E-state index contributed by atoms with van der Waals surface area (Å²) in [7, 11) is 1.55. The van der Waals surface area contributed by atoms with Crippen molar-refractivity contribution in [2.75, 3.05) is 13.7 Å². The van der Waals surface area contributed by atoms with E-state index in [1.807, 2.05) is 6.07 Å². The number of amides is 2. The fourth-order valence-electron chi connectivity index (χ4n) is 4.40. The molecule has 2 bridgehead atoms. The number of methoxy groups -OCH3 is 1. The predicted molar refractivity (Wildman–Crippen MR) is 114 cm³/mol. The van der Waals surface area contributed by atoms with E-state index in [4.69, 9.17) is 32.7 Å². The normalized spacial score (nSPS) is 23.2. The fraction of sp³-hybridized carbons (Fsp3) is 0.364. The first-order chi connectivity index (χ1) is 14.7. The number of carbonyl (C=O) groups is 2. The molecule has 2 aromatic rings. The summed E-state index contributed by atoms with van der Waals surface area (Å²) in [6.07, 6.45) is 1.78. The summed E-state index contributed by atoms with van der Waals surface area (Å²) in [4.78, 5) is 24.8. The van der Waals surface area contributed by atoms with Gasteiger partial charge in [-0.15, -0.1) is 0 Å². The second-order valence-corrected chi connectivity index (χ2v) is 8.97. The number of carbonyl (C=O) groups excluding carboxylic acids is 2. The molecule has 3 fully saturated rings. The van der Waals surface area contributed by atoms with Crippen LogP contribution in [0.15, 0.2) is 36.4 Å². The third-order valence-corrected chi connectivity index (χ3v) is 6.45. The summed E-state index contributed by atoms with van der Waals surface area (Å²) < 4.78 is 23.9. The SMILES string of the molecule is COc1ccc(CNC(=O)C23CC(NC(=O)COc4ccc(Cl)c(F)c4)(C2)C3)cc1Cl. The molecule has 2 aromatic carbocycles. The molecule has 0 spiro atoms. The Kier molecular flexibility index (Phi) is 5.75. The van der Waals surface area contributed by atoms with Crippen molar-refractivity contribution >= 4 is 35.0 Å². The van der Waals surface area contributed by atoms with Crippen LogP contribution in [0.3, 0.4) is 0 Å². The maximum atomic E-state index is 13.4. The molecule has 0 saturated heterocycles. The summed E-state index contributed by atoms with van der Waals surface area (Å²) >= 11 is 11.7. The van der Waals surface area contributed by atoms with Gasteiger partial charge < -0.3 is 20.1 Å². The van der Waals surface area contributed by atoms with Crippen LogP contribution in [0.2, 0.25) is 10.0 Å². The minimum absolute atomic E-state index is 0.00988. The Morgan fingerprint density at radius 3 is 2.48 bits per heavy atom. The van der Waals surface area contributed by atoms with Crippen molar-refractivity contribution in [3.05, 3.63) is 57.8 Å². The van der Waals surface area contributed by atoms with E-state index in [9.17, 15) is 14.0 Å². The van der Waals surface area contributed by atoms with Crippen molar-refractivity contribution in [1.29, 1.82) is 0 Å². The first kappa shape index (κ1) is 21.7. The zero-order chi connectivity index (χ0) is 22.2. The maximum absolute atomic E-state index is 13.4. The molecule has 2 amide bonds. The highest BCUT2D eigenvalue weighted by atomic mass is 35.5. The highest BCUT2D eigenvalue weighted by Crippen LogP contribution is 2.67. The summed E-state index contributed by atoms with van der Waals surface area (Å²) in [6.45, 7) is 0.134. The Morgan fingerprint density at radius 2 is 1.84 bits per heavy atom. The molecule has 2 N–H and O–H groups in total. The van der Waals surface area contributed by atoms with Gasteiger partial charge in [0.2, 0.25) is 5.91 Å². The largest absolute Gasteiger partial charge is 0.495 e. The first-order valence-electron chi connectivity index (χ1n) is 9.74. The Morgan fingerprint density at radius 1 is 1.10 bits per heavy atom. The molecule has 9 heteroatoms. The van der Waals surface area contributed by atoms with Crippen LogP contribution in [0, 0.1) is 11.2 Å². The van der Waals surface area contributed by atoms with Crippen LogP contribution >= 0.6 is 23.2 Å². The second-order valence-electron chi connectivity index (χ2n) is 8.16. The van der Waals surface area contributed by atoms with E-state index in [2.05, 4.69) is 10.6 Å². The predicted octanol–water partition coefficient (Wildman–Crippen LogP) is 3.88. The Balaban J connectivity index is 1.21. The molecule has 6 nitrogen and oxygen atoms in total. The summed E-state index contributed by atoms with van der Waals surface area (Å²) in [6, 6.07) is 9.36. The number of benzene rings is 2. The van der Waals surface area contributed by atoms with Crippen molar-refractivity contribution in [3.8, 4) is 11.5 Å². The molecule has 0 radical (unpaired) electrons. The number of nitrogens with one attached hydrogen (secondary N) is 2. The van der Waals surface area contributed by atoms with Crippen LogP contribution in [-0.4, -0.2) is 31.1 Å². The topological polar surface area (TPSA) is 76.7 Å². The molecular formula is C22H21Cl2FN2O4. The van der Waals surface area contributed by atoms with Gasteiger partial charge in [-0.1, -0.05) is 29.3 Å². The van der Waals surface area contributed by atoms with Gasteiger partial charge in [0.05, 0.1) is 22.6 Å². The van der Waals surface area contributed by atoms with E-state index in [0.717, 1.165) is 11.6 Å². The van der Waals surface area contributed by atoms with E-state index in [1.54, 1.807) is 19.2 Å². The van der Waals surface area contributed by atoms with Crippen LogP contribution in [0.4, 0.5) is 4.39 Å². The molecule has 0 heterocycles. The minimum Gasteiger partial charge on any atom is -0.495 e. The minimum atomic E-state index is -0.608. The van der Waals surface area contributed by atoms with Crippen LogP contribution in [0.5, 0.6) is 11.5 Å². The third-order valence-electron chi connectivity index (χ3n) is 5.85. The average Bonchev–Trinajstić information content (AvgIpc) is 2.68. The van der Waals surface area contributed by atoms with Gasteiger partial charge in [0.1, 0.15) is 17.3 Å². The number of ether oxygens (including phenoxy) is 2. The Bertz CT molecular complexity index is 1030. The lowest BCUT2D eigenvalue weighted by Crippen LogP contribution is -2.78. The number of halogens is 3. The Hall–Kier alpha value is -2.51. The highest BCUT2D eigenvalue weighted by molar-refractivity contribution is 6.32. The van der Waals surface area contributed by atoms with Crippen molar-refractivity contribution in [1.82, 2.24) is 10.6 Å². The summed E-state index contributed by atoms with van der Waals surface area (Å²) in [5, 5.41) is 6.36. The van der Waals surface area contributed by atoms with Crippen molar-refractivity contribution < 1.29 is 23.5 Å². The summed E-state index contributed by atoms with van der Waals surface area (Å²) in [5.41, 5.74) is 0.0976. The van der Waals surface area contributed by atoms with E-state index >= 15 is 0 Å². The second kappa shape index (κ2) is 8.20. The van der Waals surface area contributed by atoms with Gasteiger partial charge in [-0.25, -0.2) is 4.39 Å². The smallest absolute Gasteiger partial charge is 0.258 e. The third kappa shape index (κ3) is 4.29. The van der Waals surface area contributed by atoms with Gasteiger partial charge in [-0.05, 0) is 49.1 Å². The standard InChI is InChI=1S/C22H21Cl2FN2O4/c1-30-18-5-2-13(6-16(18)24)8-26-20(29)21-10-22(11-21,12-21)27-19(28)9-31-14-3-4-15(23)17(25)7-14/h2-7H,8-12H2,1H3,(H,26,29)(H,27,28). The lowest BCUT2D eigenvalue weighted by Gasteiger charge is -2.69. The van der Waals surface area contributed by atoms with Gasteiger partial charge in [-0.3, -0.25) is 9.59 Å². The number of hydrogen-bond acceptors (Lipinski definition) is 4. The molecular weight excluding hydrogens is 446 g/mol. The monoisotopic (exact) mass is 466 g/mol. The van der Waals surface area contributed by atoms with Crippen molar-refractivity contribution in [2.24, 2.45) is 5.41 Å². The van der Waals surface area contributed by atoms with Gasteiger partial charge >= 0.3 is 0 Å². The molecule has 3 aliphatic carbocycles. The fourth-order valence-corrected chi connectivity index (χ4v) is 4.80. The van der Waals surface area contributed by atoms with Crippen LogP contribution in [0.1, 0.15) is 24.8 Å². The Labute approximate surface area is 189 Å². The van der Waals surface area contributed by atoms with Crippen LogP contribution in [0.25, 0.3) is 0 Å². The van der Waals surface area contributed by atoms with Crippen LogP contribution in [-0.2, 0) is 16.1 Å². The van der Waals surface area contributed by atoms with Crippen LogP contribution < -0.4 is 20.1 Å². The highest BCUT2D eigenvalue weighted by Gasteiger charge is 2.72. The lowest BCUT2D eigenvalue weighted by atomic mass is 9.39.